The number of fused-ring (bicyclic) bond motifs is 1. The van der Waals surface area contributed by atoms with Crippen molar-refractivity contribution in [3.8, 4) is 0 Å². The summed E-state index contributed by atoms with van der Waals surface area (Å²) >= 11 is 1.97. The summed E-state index contributed by atoms with van der Waals surface area (Å²) in [6.45, 7) is 0. The smallest absolute Gasteiger partial charge is 0.243 e. The molecular weight excluding hydrogens is 256 g/mol. The largest absolute Gasteiger partial charge is 0.350 e. The zero-order chi connectivity index (χ0) is 13.1. The van der Waals surface area contributed by atoms with Gasteiger partial charge in [-0.2, -0.15) is 11.8 Å². The first-order valence-electron chi connectivity index (χ1n) is 6.74. The van der Waals surface area contributed by atoms with Crippen LogP contribution in [0.4, 0.5) is 5.95 Å². The second kappa shape index (κ2) is 5.74. The van der Waals surface area contributed by atoms with Crippen LogP contribution < -0.4 is 5.32 Å². The van der Waals surface area contributed by atoms with Crippen molar-refractivity contribution < 1.29 is 0 Å². The van der Waals surface area contributed by atoms with Crippen molar-refractivity contribution in [3.05, 3.63) is 24.3 Å². The standard InChI is InChI=1S/C14H18N4S/c1-19-11-6-4-5-10(9-11)15-14-16-12-7-2-3-8-13(12)17-18-14/h2-3,7-8,10-11H,4-6,9H2,1H3,(H,15,16,18). The van der Waals surface area contributed by atoms with Gasteiger partial charge in [-0.15, -0.1) is 10.2 Å². The van der Waals surface area contributed by atoms with Gasteiger partial charge in [0.25, 0.3) is 0 Å². The number of thioether (sulfide) groups is 1. The summed E-state index contributed by atoms with van der Waals surface area (Å²) in [5.74, 6) is 0.658. The molecule has 0 radical (unpaired) electrons. The molecule has 19 heavy (non-hydrogen) atoms. The van der Waals surface area contributed by atoms with Crippen LogP contribution in [0, 0.1) is 0 Å². The second-order valence-corrected chi connectivity index (χ2v) is 6.13. The predicted octanol–water partition coefficient (Wildman–Crippen LogP) is 3.11. The number of nitrogens with zero attached hydrogens (tertiary/aromatic N) is 3. The molecule has 1 aromatic carbocycles. The summed E-state index contributed by atoms with van der Waals surface area (Å²) in [4.78, 5) is 4.53. The quantitative estimate of drug-likeness (QED) is 0.932. The first-order chi connectivity index (χ1) is 9.35. The van der Waals surface area contributed by atoms with E-state index >= 15 is 0 Å². The Morgan fingerprint density at radius 3 is 2.84 bits per heavy atom. The van der Waals surface area contributed by atoms with Gasteiger partial charge < -0.3 is 5.32 Å². The minimum absolute atomic E-state index is 0.481. The van der Waals surface area contributed by atoms with Crippen LogP contribution >= 0.6 is 11.8 Å². The molecule has 0 aliphatic heterocycles. The van der Waals surface area contributed by atoms with Crippen LogP contribution in [0.15, 0.2) is 24.3 Å². The number of hydrogen-bond donors (Lipinski definition) is 1. The van der Waals surface area contributed by atoms with Crippen LogP contribution in [-0.4, -0.2) is 32.7 Å². The Bertz CT molecular complexity index is 560. The Hall–Kier alpha value is -1.36. The third-order valence-electron chi connectivity index (χ3n) is 3.65. The fourth-order valence-electron chi connectivity index (χ4n) is 2.61. The summed E-state index contributed by atoms with van der Waals surface area (Å²) in [6.07, 6.45) is 7.20. The van der Waals surface area contributed by atoms with E-state index in [-0.39, 0.29) is 0 Å². The van der Waals surface area contributed by atoms with Gasteiger partial charge in [0.1, 0.15) is 5.52 Å². The monoisotopic (exact) mass is 274 g/mol. The van der Waals surface area contributed by atoms with E-state index in [4.69, 9.17) is 0 Å². The van der Waals surface area contributed by atoms with Gasteiger partial charge in [-0.1, -0.05) is 18.6 Å². The molecule has 0 spiro atoms. The van der Waals surface area contributed by atoms with Crippen LogP contribution in [0.1, 0.15) is 25.7 Å². The molecule has 1 saturated carbocycles. The molecule has 2 unspecified atom stereocenters. The van der Waals surface area contributed by atoms with E-state index in [0.29, 0.717) is 12.0 Å². The molecule has 3 rings (SSSR count). The van der Waals surface area contributed by atoms with E-state index in [0.717, 1.165) is 16.3 Å². The third-order valence-corrected chi connectivity index (χ3v) is 4.75. The maximum Gasteiger partial charge on any atom is 0.243 e. The van der Waals surface area contributed by atoms with E-state index < -0.39 is 0 Å². The molecule has 1 N–H and O–H groups in total. The van der Waals surface area contributed by atoms with E-state index in [1.54, 1.807) is 0 Å². The number of benzene rings is 1. The Kier molecular flexibility index (Phi) is 3.82. The van der Waals surface area contributed by atoms with Crippen molar-refractivity contribution in [2.24, 2.45) is 0 Å². The van der Waals surface area contributed by atoms with Gasteiger partial charge in [0, 0.05) is 11.3 Å². The van der Waals surface area contributed by atoms with Crippen LogP contribution in [0.5, 0.6) is 0 Å². The summed E-state index contributed by atoms with van der Waals surface area (Å²) in [7, 11) is 0. The van der Waals surface area contributed by atoms with Gasteiger partial charge in [-0.3, -0.25) is 0 Å². The van der Waals surface area contributed by atoms with Crippen molar-refractivity contribution in [1.29, 1.82) is 0 Å². The highest BCUT2D eigenvalue weighted by atomic mass is 32.2. The van der Waals surface area contributed by atoms with Gasteiger partial charge in [0.15, 0.2) is 0 Å². The highest BCUT2D eigenvalue weighted by Crippen LogP contribution is 2.28. The van der Waals surface area contributed by atoms with Gasteiger partial charge in [0.2, 0.25) is 5.95 Å². The van der Waals surface area contributed by atoms with Crippen LogP contribution in [0.25, 0.3) is 11.0 Å². The molecule has 1 aromatic heterocycles. The lowest BCUT2D eigenvalue weighted by molar-refractivity contribution is 0.471. The molecule has 100 valence electrons. The fraction of sp³-hybridized carbons (Fsp3) is 0.500. The first kappa shape index (κ1) is 12.7. The van der Waals surface area contributed by atoms with Crippen LogP contribution in [0.2, 0.25) is 0 Å². The Morgan fingerprint density at radius 2 is 2.00 bits per heavy atom. The number of hydrogen-bond acceptors (Lipinski definition) is 5. The topological polar surface area (TPSA) is 50.7 Å². The zero-order valence-electron chi connectivity index (χ0n) is 11.0. The number of rotatable bonds is 3. The van der Waals surface area contributed by atoms with Gasteiger partial charge in [-0.25, -0.2) is 4.98 Å². The number of anilines is 1. The first-order valence-corrected chi connectivity index (χ1v) is 8.03. The average Bonchev–Trinajstić information content (AvgIpc) is 2.47. The fourth-order valence-corrected chi connectivity index (χ4v) is 3.44. The lowest BCUT2D eigenvalue weighted by Crippen LogP contribution is -2.29. The molecule has 0 amide bonds. The molecule has 1 heterocycles. The molecule has 4 nitrogen and oxygen atoms in total. The van der Waals surface area contributed by atoms with Gasteiger partial charge in [-0.05, 0) is 37.7 Å². The molecule has 1 aliphatic carbocycles. The molecule has 0 saturated heterocycles. The number of para-hydroxylation sites is 1. The van der Waals surface area contributed by atoms with Crippen molar-refractivity contribution in [3.63, 3.8) is 0 Å². The van der Waals surface area contributed by atoms with Crippen LogP contribution in [0.3, 0.4) is 0 Å². The van der Waals surface area contributed by atoms with Gasteiger partial charge >= 0.3 is 0 Å². The van der Waals surface area contributed by atoms with E-state index in [9.17, 15) is 0 Å². The maximum atomic E-state index is 4.53. The predicted molar refractivity (Wildman–Crippen MR) is 80.5 cm³/mol. The Balaban J connectivity index is 1.74. The minimum atomic E-state index is 0.481. The maximum absolute atomic E-state index is 4.53. The van der Waals surface area contributed by atoms with E-state index in [2.05, 4.69) is 26.8 Å². The molecular formula is C14H18N4S. The average molecular weight is 274 g/mol. The SMILES string of the molecule is CSC1CCCC(Nc2nnc3ccccc3n2)C1. The summed E-state index contributed by atoms with van der Waals surface area (Å²) in [6, 6.07) is 8.32. The summed E-state index contributed by atoms with van der Waals surface area (Å²) in [5, 5.41) is 12.6. The number of aromatic nitrogens is 3. The highest BCUT2D eigenvalue weighted by Gasteiger charge is 2.21. The Labute approximate surface area is 117 Å². The lowest BCUT2D eigenvalue weighted by Gasteiger charge is -2.28. The van der Waals surface area contributed by atoms with Crippen molar-refractivity contribution >= 4 is 28.7 Å². The molecule has 1 aliphatic rings. The molecule has 1 fully saturated rings. The van der Waals surface area contributed by atoms with Gasteiger partial charge in [0.05, 0.1) is 5.52 Å². The Morgan fingerprint density at radius 1 is 1.16 bits per heavy atom. The van der Waals surface area contributed by atoms with E-state index in [1.807, 2.05) is 36.0 Å². The van der Waals surface area contributed by atoms with Crippen molar-refractivity contribution in [2.75, 3.05) is 11.6 Å². The summed E-state index contributed by atoms with van der Waals surface area (Å²) in [5.41, 5.74) is 1.75. The molecule has 2 atom stereocenters. The molecule has 0 bridgehead atoms. The molecule has 2 aromatic rings. The third kappa shape index (κ3) is 2.97. The van der Waals surface area contributed by atoms with Crippen LogP contribution in [-0.2, 0) is 0 Å². The second-order valence-electron chi connectivity index (χ2n) is 4.99. The molecule has 5 heteroatoms. The van der Waals surface area contributed by atoms with Crippen molar-refractivity contribution in [2.45, 2.75) is 37.0 Å². The summed E-state index contributed by atoms with van der Waals surface area (Å²) < 4.78 is 0. The highest BCUT2D eigenvalue weighted by molar-refractivity contribution is 7.99. The van der Waals surface area contributed by atoms with Crippen molar-refractivity contribution in [1.82, 2.24) is 15.2 Å². The number of nitrogens with one attached hydrogen (secondary N) is 1. The van der Waals surface area contributed by atoms with E-state index in [1.165, 1.54) is 25.7 Å². The zero-order valence-corrected chi connectivity index (χ0v) is 11.9. The minimum Gasteiger partial charge on any atom is -0.350 e. The normalized spacial score (nSPS) is 23.4. The lowest BCUT2D eigenvalue weighted by atomic mass is 9.95.